The lowest BCUT2D eigenvalue weighted by atomic mass is 10.2. The van der Waals surface area contributed by atoms with Crippen molar-refractivity contribution in [3.8, 4) is 5.75 Å². The van der Waals surface area contributed by atoms with E-state index in [1.165, 1.54) is 0 Å². The lowest BCUT2D eigenvalue weighted by molar-refractivity contribution is -0.150. The number of esters is 1. The Kier molecular flexibility index (Phi) is 7.40. The molecular weight excluding hydrogens is 340 g/mol. The third-order valence-electron chi connectivity index (χ3n) is 3.23. The third-order valence-corrected chi connectivity index (χ3v) is 9.78. The smallest absolute Gasteiger partial charge is 0.335 e. The fraction of sp³-hybridized carbons (Fsp3) is 0.471. The first-order valence-electron chi connectivity index (χ1n) is 7.90. The fourth-order valence-electron chi connectivity index (χ4n) is 2.44. The van der Waals surface area contributed by atoms with Gasteiger partial charge in [0.05, 0.1) is 6.23 Å². The van der Waals surface area contributed by atoms with Gasteiger partial charge in [0.2, 0.25) is 0 Å². The summed E-state index contributed by atoms with van der Waals surface area (Å²) in [6.07, 6.45) is 0.438. The van der Waals surface area contributed by atoms with Gasteiger partial charge >= 0.3 is 5.97 Å². The van der Waals surface area contributed by atoms with Crippen LogP contribution in [0, 0.1) is 0 Å². The van der Waals surface area contributed by atoms with Crippen molar-refractivity contribution in [2.75, 3.05) is 13.0 Å². The molecule has 24 heavy (non-hydrogen) atoms. The Bertz CT molecular complexity index is 584. The van der Waals surface area contributed by atoms with E-state index in [-0.39, 0.29) is 6.79 Å². The summed E-state index contributed by atoms with van der Waals surface area (Å²) in [5.74, 6) is -0.145. The quantitative estimate of drug-likeness (QED) is 0.237. The summed E-state index contributed by atoms with van der Waals surface area (Å²) in [6.45, 7) is 13.4. The maximum absolute atomic E-state index is 11.3. The number of hydrogen-bond donors (Lipinski definition) is 1. The maximum Gasteiger partial charge on any atom is 0.335 e. The van der Waals surface area contributed by atoms with Crippen molar-refractivity contribution in [1.82, 2.24) is 0 Å². The lowest BCUT2D eigenvalue weighted by Gasteiger charge is -2.34. The third kappa shape index (κ3) is 7.44. The highest BCUT2D eigenvalue weighted by molar-refractivity contribution is 6.84. The Balaban J connectivity index is 2.50. The van der Waals surface area contributed by atoms with E-state index in [9.17, 15) is 9.90 Å². The lowest BCUT2D eigenvalue weighted by Crippen LogP contribution is -2.49. The molecule has 134 valence electrons. The van der Waals surface area contributed by atoms with Gasteiger partial charge < -0.3 is 18.7 Å². The van der Waals surface area contributed by atoms with Crippen LogP contribution in [0.4, 0.5) is 0 Å². The van der Waals surface area contributed by atoms with E-state index >= 15 is 0 Å². The molecule has 1 aromatic rings. The normalized spacial score (nSPS) is 12.0. The number of carbonyl (C=O) groups is 1. The van der Waals surface area contributed by atoms with Crippen LogP contribution in [0.3, 0.4) is 0 Å². The standard InChI is InChI=1S/C17H28O5Si2/c1-14(2)17(19)21-12-20-13-24(5,6)22-23(3,4)11-15-9-7-8-10-16(15)18/h7-10,18H,1,11-13H2,2-6H3. The average Bonchev–Trinajstić information content (AvgIpc) is 2.44. The molecule has 0 radical (unpaired) electrons. The Labute approximate surface area is 146 Å². The zero-order chi connectivity index (χ0) is 18.4. The second-order valence-electron chi connectivity index (χ2n) is 7.11. The van der Waals surface area contributed by atoms with E-state index < -0.39 is 22.6 Å². The van der Waals surface area contributed by atoms with Gasteiger partial charge in [-0.25, -0.2) is 4.79 Å². The highest BCUT2D eigenvalue weighted by Gasteiger charge is 2.34. The summed E-state index contributed by atoms with van der Waals surface area (Å²) in [5.41, 5.74) is 1.26. The molecule has 7 heteroatoms. The number of phenolic OH excluding ortho intramolecular Hbond substituents is 1. The summed E-state index contributed by atoms with van der Waals surface area (Å²) in [5, 5.41) is 9.94. The monoisotopic (exact) mass is 368 g/mol. The molecule has 0 heterocycles. The van der Waals surface area contributed by atoms with Gasteiger partial charge in [-0.2, -0.15) is 0 Å². The largest absolute Gasteiger partial charge is 0.508 e. The summed E-state index contributed by atoms with van der Waals surface area (Å²) < 4.78 is 16.8. The minimum atomic E-state index is -2.07. The number of ether oxygens (including phenoxy) is 2. The van der Waals surface area contributed by atoms with Gasteiger partial charge in [0.25, 0.3) is 0 Å². The van der Waals surface area contributed by atoms with Gasteiger partial charge in [0, 0.05) is 5.57 Å². The van der Waals surface area contributed by atoms with Crippen LogP contribution in [0.25, 0.3) is 0 Å². The number of aromatic hydroxyl groups is 1. The van der Waals surface area contributed by atoms with Crippen molar-refractivity contribution >= 4 is 22.6 Å². The zero-order valence-corrected chi connectivity index (χ0v) is 17.2. The molecule has 0 spiro atoms. The Hall–Kier alpha value is -1.42. The maximum atomic E-state index is 11.3. The molecule has 0 aliphatic heterocycles. The van der Waals surface area contributed by atoms with Crippen LogP contribution in [0.15, 0.2) is 36.4 Å². The van der Waals surface area contributed by atoms with Crippen molar-refractivity contribution in [2.45, 2.75) is 39.2 Å². The second-order valence-corrected chi connectivity index (χ2v) is 15.6. The molecule has 0 atom stereocenters. The van der Waals surface area contributed by atoms with Crippen LogP contribution in [0.1, 0.15) is 12.5 Å². The number of rotatable bonds is 9. The fourth-order valence-corrected chi connectivity index (χ4v) is 10.7. The molecule has 1 rings (SSSR count). The first-order valence-corrected chi connectivity index (χ1v) is 14.1. The minimum absolute atomic E-state index is 0.0903. The summed E-state index contributed by atoms with van der Waals surface area (Å²) in [6, 6.07) is 8.09. The predicted molar refractivity (Wildman–Crippen MR) is 99.6 cm³/mol. The van der Waals surface area contributed by atoms with Gasteiger partial charge in [-0.1, -0.05) is 24.8 Å². The first-order chi connectivity index (χ1) is 11.0. The summed E-state index contributed by atoms with van der Waals surface area (Å²) >= 11 is 0. The number of benzene rings is 1. The van der Waals surface area contributed by atoms with Gasteiger partial charge in [0.1, 0.15) is 5.75 Å². The number of hydrogen-bond acceptors (Lipinski definition) is 5. The van der Waals surface area contributed by atoms with Crippen molar-refractivity contribution in [1.29, 1.82) is 0 Å². The Morgan fingerprint density at radius 2 is 1.79 bits per heavy atom. The van der Waals surface area contributed by atoms with Crippen LogP contribution in [0.2, 0.25) is 26.2 Å². The van der Waals surface area contributed by atoms with Gasteiger partial charge in [-0.3, -0.25) is 0 Å². The molecule has 0 saturated carbocycles. The molecule has 0 fully saturated rings. The molecule has 0 amide bonds. The summed E-state index contributed by atoms with van der Waals surface area (Å²) in [7, 11) is -4.08. The zero-order valence-electron chi connectivity index (χ0n) is 15.2. The minimum Gasteiger partial charge on any atom is -0.508 e. The van der Waals surface area contributed by atoms with Crippen LogP contribution < -0.4 is 0 Å². The highest BCUT2D eigenvalue weighted by atomic mass is 28.4. The molecule has 1 N–H and O–H groups in total. The van der Waals surface area contributed by atoms with Gasteiger partial charge in [-0.15, -0.1) is 0 Å². The van der Waals surface area contributed by atoms with E-state index in [1.54, 1.807) is 13.0 Å². The van der Waals surface area contributed by atoms with Crippen LogP contribution in [0.5, 0.6) is 5.75 Å². The van der Waals surface area contributed by atoms with Crippen molar-refractivity contribution in [3.05, 3.63) is 42.0 Å². The predicted octanol–water partition coefficient (Wildman–Crippen LogP) is 3.53. The Morgan fingerprint density at radius 3 is 2.38 bits per heavy atom. The Morgan fingerprint density at radius 1 is 1.17 bits per heavy atom. The number of carbonyl (C=O) groups excluding carboxylic acids is 1. The van der Waals surface area contributed by atoms with E-state index in [4.69, 9.17) is 13.6 Å². The number of para-hydroxylation sites is 1. The average molecular weight is 369 g/mol. The van der Waals surface area contributed by atoms with E-state index in [0.29, 0.717) is 17.6 Å². The van der Waals surface area contributed by atoms with Crippen molar-refractivity contribution in [2.24, 2.45) is 0 Å². The highest BCUT2D eigenvalue weighted by Crippen LogP contribution is 2.24. The molecular formula is C17H28O5Si2. The number of phenols is 1. The van der Waals surface area contributed by atoms with E-state index in [2.05, 4.69) is 32.8 Å². The van der Waals surface area contributed by atoms with Gasteiger partial charge in [-0.05, 0) is 50.8 Å². The molecule has 0 aliphatic rings. The van der Waals surface area contributed by atoms with Crippen molar-refractivity contribution in [3.63, 3.8) is 0 Å². The SMILES string of the molecule is C=C(C)C(=O)OCOC[Si](C)(C)O[Si](C)(C)Cc1ccccc1O. The van der Waals surface area contributed by atoms with E-state index in [1.807, 2.05) is 18.2 Å². The molecule has 0 unspecified atom stereocenters. The molecule has 0 aliphatic carbocycles. The van der Waals surface area contributed by atoms with E-state index in [0.717, 1.165) is 11.6 Å². The molecule has 0 aromatic heterocycles. The van der Waals surface area contributed by atoms with Gasteiger partial charge in [0.15, 0.2) is 23.4 Å². The first kappa shape index (κ1) is 20.6. The van der Waals surface area contributed by atoms with Crippen LogP contribution in [-0.4, -0.2) is 40.7 Å². The summed E-state index contributed by atoms with van der Waals surface area (Å²) in [4.78, 5) is 11.3. The van der Waals surface area contributed by atoms with Crippen molar-refractivity contribution < 1.29 is 23.5 Å². The van der Waals surface area contributed by atoms with Crippen LogP contribution >= 0.6 is 0 Å². The van der Waals surface area contributed by atoms with Crippen LogP contribution in [-0.2, 0) is 24.4 Å². The molecule has 0 saturated heterocycles. The molecule has 5 nitrogen and oxygen atoms in total. The molecule has 0 bridgehead atoms. The molecule has 1 aromatic carbocycles. The second kappa shape index (κ2) is 8.61. The topological polar surface area (TPSA) is 65.0 Å².